The van der Waals surface area contributed by atoms with Crippen LogP contribution in [-0.2, 0) is 4.74 Å². The fraction of sp³-hybridized carbons (Fsp3) is 0.786. The zero-order valence-corrected chi connectivity index (χ0v) is 11.1. The van der Waals surface area contributed by atoms with Crippen LogP contribution in [0.1, 0.15) is 51.0 Å². The molecule has 0 amide bonds. The topological polar surface area (TPSA) is 39.1 Å². The van der Waals surface area contributed by atoms with Crippen molar-refractivity contribution in [3.63, 3.8) is 0 Å². The first-order chi connectivity index (χ1) is 8.88. The largest absolute Gasteiger partial charge is 0.379 e. The Balaban J connectivity index is 1.73. The second-order valence-electron chi connectivity index (χ2n) is 5.56. The van der Waals surface area contributed by atoms with Crippen molar-refractivity contribution in [3.05, 3.63) is 12.4 Å². The van der Waals surface area contributed by atoms with Crippen LogP contribution in [0.5, 0.6) is 0 Å². The monoisotopic (exact) mass is 249 g/mol. The fourth-order valence-corrected chi connectivity index (χ4v) is 3.44. The Hall–Kier alpha value is -1.03. The summed E-state index contributed by atoms with van der Waals surface area (Å²) in [5.41, 5.74) is 0. The van der Waals surface area contributed by atoms with Gasteiger partial charge in [-0.15, -0.1) is 0 Å². The van der Waals surface area contributed by atoms with Gasteiger partial charge in [0, 0.05) is 25.5 Å². The average Bonchev–Trinajstić information content (AvgIpc) is 3.09. The van der Waals surface area contributed by atoms with Gasteiger partial charge in [0.15, 0.2) is 0 Å². The van der Waals surface area contributed by atoms with E-state index in [1.54, 1.807) is 0 Å². The fourth-order valence-electron chi connectivity index (χ4n) is 3.44. The van der Waals surface area contributed by atoms with Gasteiger partial charge < -0.3 is 14.6 Å². The minimum Gasteiger partial charge on any atom is -0.379 e. The zero-order valence-electron chi connectivity index (χ0n) is 11.1. The number of nitrogens with zero attached hydrogens (tertiary/aromatic N) is 2. The standard InChI is InChI=1S/C14H23N3O/c1-18-13-8-4-7-12(13)17-10-9-15-14(17)16-11-5-2-3-6-11/h9-13H,2-8H2,1H3,(H,15,16). The molecule has 0 saturated heterocycles. The van der Waals surface area contributed by atoms with Crippen LogP contribution in [-0.4, -0.2) is 28.8 Å². The Labute approximate surface area is 109 Å². The van der Waals surface area contributed by atoms with E-state index >= 15 is 0 Å². The molecule has 4 nitrogen and oxygen atoms in total. The molecule has 2 unspecified atom stereocenters. The molecule has 1 aromatic rings. The number of nitrogens with one attached hydrogen (secondary N) is 1. The first kappa shape index (κ1) is 12.0. The van der Waals surface area contributed by atoms with Crippen molar-refractivity contribution in [3.8, 4) is 0 Å². The highest BCUT2D eigenvalue weighted by Crippen LogP contribution is 2.34. The Morgan fingerprint density at radius 1 is 1.22 bits per heavy atom. The molecule has 0 bridgehead atoms. The predicted octanol–water partition coefficient (Wildman–Crippen LogP) is 2.98. The summed E-state index contributed by atoms with van der Waals surface area (Å²) in [7, 11) is 1.82. The Morgan fingerprint density at radius 2 is 2.06 bits per heavy atom. The molecule has 0 aliphatic heterocycles. The van der Waals surface area contributed by atoms with Crippen LogP contribution in [0.2, 0.25) is 0 Å². The minimum absolute atomic E-state index is 0.350. The molecule has 0 radical (unpaired) electrons. The summed E-state index contributed by atoms with van der Waals surface area (Å²) in [4.78, 5) is 4.49. The van der Waals surface area contributed by atoms with Crippen LogP contribution in [0.3, 0.4) is 0 Å². The van der Waals surface area contributed by atoms with E-state index < -0.39 is 0 Å². The highest BCUT2D eigenvalue weighted by Gasteiger charge is 2.30. The lowest BCUT2D eigenvalue weighted by molar-refractivity contribution is 0.0755. The molecule has 3 rings (SSSR count). The van der Waals surface area contributed by atoms with Crippen LogP contribution in [0.4, 0.5) is 5.95 Å². The van der Waals surface area contributed by atoms with Crippen LogP contribution in [0.25, 0.3) is 0 Å². The molecule has 0 aromatic carbocycles. The van der Waals surface area contributed by atoms with E-state index in [1.165, 1.54) is 44.9 Å². The lowest BCUT2D eigenvalue weighted by atomic mass is 10.2. The third-order valence-electron chi connectivity index (χ3n) is 4.43. The van der Waals surface area contributed by atoms with Crippen LogP contribution in [0.15, 0.2) is 12.4 Å². The molecular formula is C14H23N3O. The van der Waals surface area contributed by atoms with Crippen LogP contribution >= 0.6 is 0 Å². The van der Waals surface area contributed by atoms with Gasteiger partial charge in [0.05, 0.1) is 12.1 Å². The molecular weight excluding hydrogens is 226 g/mol. The van der Waals surface area contributed by atoms with Crippen molar-refractivity contribution in [1.82, 2.24) is 9.55 Å². The number of anilines is 1. The highest BCUT2D eigenvalue weighted by molar-refractivity contribution is 5.29. The second-order valence-corrected chi connectivity index (χ2v) is 5.56. The molecule has 18 heavy (non-hydrogen) atoms. The smallest absolute Gasteiger partial charge is 0.203 e. The van der Waals surface area contributed by atoms with Gasteiger partial charge in [-0.2, -0.15) is 0 Å². The zero-order chi connectivity index (χ0) is 12.4. The van der Waals surface area contributed by atoms with Crippen molar-refractivity contribution < 1.29 is 4.74 Å². The Bertz CT molecular complexity index is 384. The Kier molecular flexibility index (Phi) is 3.55. The van der Waals surface area contributed by atoms with Gasteiger partial charge in [0.25, 0.3) is 0 Å². The van der Waals surface area contributed by atoms with Gasteiger partial charge in [0.1, 0.15) is 0 Å². The van der Waals surface area contributed by atoms with Crippen molar-refractivity contribution in [2.24, 2.45) is 0 Å². The quantitative estimate of drug-likeness (QED) is 0.891. The van der Waals surface area contributed by atoms with E-state index in [4.69, 9.17) is 4.74 Å². The molecule has 2 atom stereocenters. The first-order valence-electron chi connectivity index (χ1n) is 7.20. The van der Waals surface area contributed by atoms with Gasteiger partial charge in [0.2, 0.25) is 5.95 Å². The van der Waals surface area contributed by atoms with E-state index in [0.717, 1.165) is 5.95 Å². The number of ether oxygens (including phenoxy) is 1. The molecule has 2 fully saturated rings. The summed E-state index contributed by atoms with van der Waals surface area (Å²) in [5.74, 6) is 1.04. The number of rotatable bonds is 4. The van der Waals surface area contributed by atoms with Crippen molar-refractivity contribution in [2.45, 2.75) is 63.1 Å². The van der Waals surface area contributed by atoms with Crippen molar-refractivity contribution in [2.75, 3.05) is 12.4 Å². The lowest BCUT2D eigenvalue weighted by Gasteiger charge is -2.23. The minimum atomic E-state index is 0.350. The first-order valence-corrected chi connectivity index (χ1v) is 7.20. The van der Waals surface area contributed by atoms with E-state index in [2.05, 4.69) is 21.1 Å². The van der Waals surface area contributed by atoms with Crippen molar-refractivity contribution >= 4 is 5.95 Å². The molecule has 2 aliphatic rings. The van der Waals surface area contributed by atoms with Gasteiger partial charge in [-0.1, -0.05) is 12.8 Å². The summed E-state index contributed by atoms with van der Waals surface area (Å²) in [6.45, 7) is 0. The average molecular weight is 249 g/mol. The SMILES string of the molecule is COC1CCCC1n1ccnc1NC1CCCC1. The van der Waals surface area contributed by atoms with Gasteiger partial charge >= 0.3 is 0 Å². The molecule has 1 aromatic heterocycles. The Morgan fingerprint density at radius 3 is 2.83 bits per heavy atom. The van der Waals surface area contributed by atoms with Crippen molar-refractivity contribution in [1.29, 1.82) is 0 Å². The summed E-state index contributed by atoms with van der Waals surface area (Å²) in [6.07, 6.45) is 13.2. The van der Waals surface area contributed by atoms with Gasteiger partial charge in [-0.25, -0.2) is 4.98 Å². The molecule has 100 valence electrons. The molecule has 1 heterocycles. The number of hydrogen-bond donors (Lipinski definition) is 1. The van der Waals surface area contributed by atoms with Crippen LogP contribution < -0.4 is 5.32 Å². The normalized spacial score (nSPS) is 28.9. The maximum Gasteiger partial charge on any atom is 0.203 e. The number of imidazole rings is 1. The predicted molar refractivity (Wildman–Crippen MR) is 71.8 cm³/mol. The third-order valence-corrected chi connectivity index (χ3v) is 4.43. The number of methoxy groups -OCH3 is 1. The molecule has 1 N–H and O–H groups in total. The van der Waals surface area contributed by atoms with E-state index in [0.29, 0.717) is 18.2 Å². The van der Waals surface area contributed by atoms with Gasteiger partial charge in [-0.05, 0) is 32.1 Å². The third kappa shape index (κ3) is 2.26. The summed E-state index contributed by atoms with van der Waals surface area (Å²) >= 11 is 0. The maximum absolute atomic E-state index is 5.60. The van der Waals surface area contributed by atoms with Gasteiger partial charge in [-0.3, -0.25) is 0 Å². The summed E-state index contributed by atoms with van der Waals surface area (Å²) < 4.78 is 7.89. The number of hydrogen-bond acceptors (Lipinski definition) is 3. The van der Waals surface area contributed by atoms with E-state index in [1.807, 2.05) is 13.3 Å². The summed E-state index contributed by atoms with van der Waals surface area (Å²) in [5, 5.41) is 3.61. The second kappa shape index (κ2) is 5.31. The highest BCUT2D eigenvalue weighted by atomic mass is 16.5. The lowest BCUT2D eigenvalue weighted by Crippen LogP contribution is -2.24. The molecule has 4 heteroatoms. The van der Waals surface area contributed by atoms with E-state index in [9.17, 15) is 0 Å². The molecule has 2 aliphatic carbocycles. The molecule has 2 saturated carbocycles. The van der Waals surface area contributed by atoms with Crippen LogP contribution in [0, 0.1) is 0 Å². The summed E-state index contributed by atoms with van der Waals surface area (Å²) in [6, 6.07) is 1.08. The molecule has 0 spiro atoms. The number of aromatic nitrogens is 2. The van der Waals surface area contributed by atoms with E-state index in [-0.39, 0.29) is 0 Å². The maximum atomic E-state index is 5.60.